The molecule has 5 unspecified atom stereocenters. The fourth-order valence-corrected chi connectivity index (χ4v) is 13.4. The van der Waals surface area contributed by atoms with Crippen molar-refractivity contribution in [1.82, 2.24) is 5.32 Å². The summed E-state index contributed by atoms with van der Waals surface area (Å²) < 4.78 is 19.2. The van der Waals surface area contributed by atoms with Gasteiger partial charge in [-0.3, -0.25) is 9.59 Å². The van der Waals surface area contributed by atoms with Crippen molar-refractivity contribution >= 4 is 23.8 Å². The zero-order valence-corrected chi connectivity index (χ0v) is 33.9. The molecule has 5 fully saturated rings. The third kappa shape index (κ3) is 6.30. The van der Waals surface area contributed by atoms with Crippen LogP contribution < -0.4 is 5.32 Å². The zero-order valence-electron chi connectivity index (χ0n) is 33.9. The molecule has 1 amide bonds. The van der Waals surface area contributed by atoms with E-state index < -0.39 is 52.4 Å². The van der Waals surface area contributed by atoms with E-state index in [9.17, 15) is 29.4 Å². The first-order valence-corrected chi connectivity index (χ1v) is 20.6. The maximum absolute atomic E-state index is 13.8. The first-order valence-electron chi connectivity index (χ1n) is 20.6. The highest BCUT2D eigenvalue weighted by atomic mass is 16.7. The number of hydrogen-bond acceptors (Lipinski definition) is 8. The molecule has 4 N–H and O–H groups in total. The van der Waals surface area contributed by atoms with E-state index in [1.807, 2.05) is 0 Å². The Bertz CT molecular complexity index is 1800. The predicted octanol–water partition coefficient (Wildman–Crippen LogP) is 7.45. The summed E-state index contributed by atoms with van der Waals surface area (Å²) in [5, 5.41) is 32.8. The van der Waals surface area contributed by atoms with Gasteiger partial charge in [0, 0.05) is 41.4 Å². The minimum Gasteiger partial charge on any atom is -0.508 e. The van der Waals surface area contributed by atoms with E-state index in [1.165, 1.54) is 23.8 Å². The minimum absolute atomic E-state index is 0.0269. The molecule has 11 heteroatoms. The molecule has 1 heterocycles. The van der Waals surface area contributed by atoms with E-state index in [-0.39, 0.29) is 45.9 Å². The Balaban J connectivity index is 1.21. The van der Waals surface area contributed by atoms with Gasteiger partial charge in [-0.25, -0.2) is 9.59 Å². The molecule has 0 aromatic rings. The number of carboxylic acids is 2. The highest BCUT2D eigenvalue weighted by molar-refractivity contribution is 5.94. The quantitative estimate of drug-likeness (QED) is 0.110. The van der Waals surface area contributed by atoms with E-state index in [1.54, 1.807) is 12.2 Å². The van der Waals surface area contributed by atoms with E-state index in [4.69, 9.17) is 19.3 Å². The number of carbonyl (C=O) groups is 4. The number of aliphatic hydroxyl groups excluding tert-OH is 1. The van der Waals surface area contributed by atoms with Crippen molar-refractivity contribution in [1.29, 1.82) is 0 Å². The van der Waals surface area contributed by atoms with Crippen molar-refractivity contribution < 1.29 is 48.7 Å². The Kier molecular flexibility index (Phi) is 10.1. The summed E-state index contributed by atoms with van der Waals surface area (Å²) in [6, 6.07) is -0.640. The van der Waals surface area contributed by atoms with Crippen LogP contribution in [0.5, 0.6) is 0 Å². The highest BCUT2D eigenvalue weighted by Crippen LogP contribution is 2.77. The summed E-state index contributed by atoms with van der Waals surface area (Å²) >= 11 is 0. The van der Waals surface area contributed by atoms with Crippen LogP contribution >= 0.6 is 0 Å². The van der Waals surface area contributed by atoms with Gasteiger partial charge in [0.05, 0.1) is 24.7 Å². The molecule has 56 heavy (non-hydrogen) atoms. The standard InChI is InChI=1S/C45H61NO10/c1-39(2)17-19-43(38(52)53)20-21-44(27-54-37(51)14-7-28-25-29(47)8-10-32(28)46-35(48)12-13-36(49)50)30(31(43)26-39)9-11-34-41(5)18-22-45(55-23-24-56-45)40(3,4)33(41)15-16-42(34,44)6/h7-10,12-14,25,28,31-34,47H,11,15-24,26-27H2,1-6H3,(H,46,48)(H,49,50)(H,52,53)/b13-12+,14-7+/t28?,31?,32?,33?,34?,41-,42+,43-,44-/m0/s1. The second-order valence-electron chi connectivity index (χ2n) is 19.8. The van der Waals surface area contributed by atoms with Gasteiger partial charge in [-0.1, -0.05) is 65.3 Å². The molecule has 1 saturated heterocycles. The molecular weight excluding hydrogens is 714 g/mol. The molecule has 1 aliphatic heterocycles. The van der Waals surface area contributed by atoms with Gasteiger partial charge >= 0.3 is 17.9 Å². The molecule has 7 aliphatic rings. The van der Waals surface area contributed by atoms with Crippen LogP contribution in [0.4, 0.5) is 0 Å². The smallest absolute Gasteiger partial charge is 0.330 e. The van der Waals surface area contributed by atoms with E-state index in [2.05, 4.69) is 52.9 Å². The van der Waals surface area contributed by atoms with Gasteiger partial charge in [0.25, 0.3) is 0 Å². The normalized spacial score (nSPS) is 40.4. The minimum atomic E-state index is -1.25. The molecular formula is C45H61NO10. The highest BCUT2D eigenvalue weighted by Gasteiger charge is 2.73. The largest absolute Gasteiger partial charge is 0.508 e. The lowest BCUT2D eigenvalue weighted by atomic mass is 9.33. The molecule has 0 aromatic carbocycles. The van der Waals surface area contributed by atoms with Crippen molar-refractivity contribution in [2.24, 2.45) is 56.2 Å². The summed E-state index contributed by atoms with van der Waals surface area (Å²) in [6.07, 6.45) is 19.4. The fraction of sp³-hybridized carbons (Fsp3) is 0.689. The fourth-order valence-electron chi connectivity index (χ4n) is 13.4. The molecule has 7 rings (SSSR count). The van der Waals surface area contributed by atoms with Crippen LogP contribution in [0.3, 0.4) is 0 Å². The number of fused-ring (bicyclic) bond motifs is 7. The maximum Gasteiger partial charge on any atom is 0.330 e. The molecule has 306 valence electrons. The third-order valence-corrected chi connectivity index (χ3v) is 16.5. The molecule has 11 nitrogen and oxygen atoms in total. The molecule has 9 atom stereocenters. The second-order valence-corrected chi connectivity index (χ2v) is 19.8. The average molecular weight is 776 g/mol. The van der Waals surface area contributed by atoms with Gasteiger partial charge in [-0.2, -0.15) is 0 Å². The van der Waals surface area contributed by atoms with Crippen LogP contribution in [0.15, 0.2) is 59.9 Å². The Morgan fingerprint density at radius 2 is 1.61 bits per heavy atom. The number of nitrogens with one attached hydrogen (secondary N) is 1. The second kappa shape index (κ2) is 14.0. The molecule has 4 saturated carbocycles. The van der Waals surface area contributed by atoms with Gasteiger partial charge < -0.3 is 34.8 Å². The summed E-state index contributed by atoms with van der Waals surface area (Å²) in [5.41, 5.74) is -0.817. The Morgan fingerprint density at radius 1 is 0.893 bits per heavy atom. The Morgan fingerprint density at radius 3 is 2.30 bits per heavy atom. The molecule has 0 aromatic heterocycles. The molecule has 1 spiro atoms. The lowest BCUT2D eigenvalue weighted by Crippen LogP contribution is -2.68. The summed E-state index contributed by atoms with van der Waals surface area (Å²) in [5.74, 6) is -3.92. The van der Waals surface area contributed by atoms with Crippen molar-refractivity contribution in [3.05, 3.63) is 59.9 Å². The van der Waals surface area contributed by atoms with Gasteiger partial charge in [0.15, 0.2) is 5.79 Å². The number of ether oxygens (including phenoxy) is 3. The van der Waals surface area contributed by atoms with Crippen LogP contribution in [0.1, 0.15) is 106 Å². The first kappa shape index (κ1) is 40.5. The lowest BCUT2D eigenvalue weighted by Gasteiger charge is -2.72. The molecule has 0 radical (unpaired) electrons. The zero-order chi connectivity index (χ0) is 40.5. The summed E-state index contributed by atoms with van der Waals surface area (Å²) in [7, 11) is 0. The van der Waals surface area contributed by atoms with Gasteiger partial charge in [-0.15, -0.1) is 0 Å². The van der Waals surface area contributed by atoms with E-state index in [0.29, 0.717) is 38.4 Å². The van der Waals surface area contributed by atoms with Crippen molar-refractivity contribution in [2.75, 3.05) is 19.8 Å². The summed E-state index contributed by atoms with van der Waals surface area (Å²) in [4.78, 5) is 50.5. The Labute approximate surface area is 330 Å². The number of carbonyl (C=O) groups excluding carboxylic acids is 2. The van der Waals surface area contributed by atoms with Crippen LogP contribution in [-0.2, 0) is 33.4 Å². The Hall–Kier alpha value is -3.70. The average Bonchev–Trinajstić information content (AvgIpc) is 3.62. The SMILES string of the molecule is CC1(C)CC[C@]2(C(=O)O)CC[C@]3(COC(=O)/C=C/C4C=C(O)C=CC4NC(=O)/C=C/C(=O)O)C(=CCC4[C@@]5(C)CCC6(OCCO6)C(C)(C)C5CC[C@]43C)C2C1. The van der Waals surface area contributed by atoms with Gasteiger partial charge in [0.2, 0.25) is 5.91 Å². The number of carboxylic acid groups (broad SMARTS) is 2. The van der Waals surface area contributed by atoms with Crippen molar-refractivity contribution in [2.45, 2.75) is 118 Å². The van der Waals surface area contributed by atoms with Crippen LogP contribution in [0.2, 0.25) is 0 Å². The topological polar surface area (TPSA) is 169 Å². The summed E-state index contributed by atoms with van der Waals surface area (Å²) in [6.45, 7) is 15.4. The number of allylic oxidation sites excluding steroid dienone is 2. The van der Waals surface area contributed by atoms with E-state index in [0.717, 1.165) is 57.1 Å². The third-order valence-electron chi connectivity index (χ3n) is 16.5. The van der Waals surface area contributed by atoms with Crippen LogP contribution in [-0.4, -0.2) is 70.8 Å². The van der Waals surface area contributed by atoms with Crippen molar-refractivity contribution in [3.63, 3.8) is 0 Å². The lowest BCUT2D eigenvalue weighted by molar-refractivity contribution is -0.308. The number of aliphatic hydroxyl groups is 1. The van der Waals surface area contributed by atoms with Crippen molar-refractivity contribution in [3.8, 4) is 0 Å². The number of rotatable bonds is 8. The molecule has 6 aliphatic carbocycles. The van der Waals surface area contributed by atoms with Crippen LogP contribution in [0, 0.1) is 56.2 Å². The van der Waals surface area contributed by atoms with Gasteiger partial charge in [-0.05, 0) is 104 Å². The number of hydrogen-bond donors (Lipinski definition) is 4. The number of aliphatic carboxylic acids is 2. The molecule has 0 bridgehead atoms. The number of amides is 1. The van der Waals surface area contributed by atoms with Gasteiger partial charge in [0.1, 0.15) is 12.4 Å². The van der Waals surface area contributed by atoms with E-state index >= 15 is 0 Å². The predicted molar refractivity (Wildman–Crippen MR) is 208 cm³/mol. The first-order chi connectivity index (χ1) is 26.2. The monoisotopic (exact) mass is 775 g/mol. The maximum atomic E-state index is 13.8. The van der Waals surface area contributed by atoms with Crippen LogP contribution in [0.25, 0.3) is 0 Å². The number of esters is 1.